The summed E-state index contributed by atoms with van der Waals surface area (Å²) in [6, 6.07) is 9.85. The fourth-order valence-electron chi connectivity index (χ4n) is 3.17. The topological polar surface area (TPSA) is 55.3 Å². The van der Waals surface area contributed by atoms with Crippen molar-refractivity contribution in [3.05, 3.63) is 30.3 Å². The van der Waals surface area contributed by atoms with Gasteiger partial charge in [0.2, 0.25) is 0 Å². The maximum atomic E-state index is 5.90. The van der Waals surface area contributed by atoms with Crippen LogP contribution in [-0.2, 0) is 9.47 Å². The van der Waals surface area contributed by atoms with Crippen LogP contribution in [-0.4, -0.2) is 69.6 Å². The number of nitrogens with zero attached hydrogens (tertiary/aromatic N) is 2. The zero-order chi connectivity index (χ0) is 16.6. The number of halogens is 1. The lowest BCUT2D eigenvalue weighted by Gasteiger charge is -2.37. The lowest BCUT2D eigenvalue weighted by molar-refractivity contribution is -0.0817. The number of para-hydroxylation sites is 1. The Kier molecular flexibility index (Phi) is 8.77. The largest absolute Gasteiger partial charge is 0.492 e. The molecule has 0 bridgehead atoms. The Morgan fingerprint density at radius 2 is 2.04 bits per heavy atom. The smallest absolute Gasteiger partial charge is 0.193 e. The van der Waals surface area contributed by atoms with Crippen molar-refractivity contribution in [1.82, 2.24) is 10.2 Å². The van der Waals surface area contributed by atoms with E-state index in [4.69, 9.17) is 14.2 Å². The van der Waals surface area contributed by atoms with Gasteiger partial charge in [0.05, 0.1) is 19.3 Å². The molecule has 0 spiro atoms. The Balaban J connectivity index is 0.00000225. The molecule has 1 aromatic carbocycles. The van der Waals surface area contributed by atoms with Gasteiger partial charge in [-0.05, 0) is 25.0 Å². The van der Waals surface area contributed by atoms with Crippen LogP contribution in [0.25, 0.3) is 0 Å². The highest BCUT2D eigenvalue weighted by Crippen LogP contribution is 2.21. The first-order chi connectivity index (χ1) is 11.9. The number of hydrogen-bond donors (Lipinski definition) is 1. The number of morpholine rings is 1. The summed E-state index contributed by atoms with van der Waals surface area (Å²) in [6.45, 7) is 4.55. The van der Waals surface area contributed by atoms with Crippen molar-refractivity contribution in [2.45, 2.75) is 25.0 Å². The molecule has 2 saturated heterocycles. The maximum Gasteiger partial charge on any atom is 0.193 e. The zero-order valence-corrected chi connectivity index (χ0v) is 17.1. The maximum absolute atomic E-state index is 5.90. The summed E-state index contributed by atoms with van der Waals surface area (Å²) in [5.74, 6) is 1.79. The lowest BCUT2D eigenvalue weighted by atomic mass is 10.1. The highest BCUT2D eigenvalue weighted by molar-refractivity contribution is 14.0. The van der Waals surface area contributed by atoms with E-state index in [1.807, 2.05) is 37.4 Å². The van der Waals surface area contributed by atoms with Crippen molar-refractivity contribution in [1.29, 1.82) is 0 Å². The summed E-state index contributed by atoms with van der Waals surface area (Å²) in [6.07, 6.45) is 2.59. The van der Waals surface area contributed by atoms with Gasteiger partial charge in [-0.25, -0.2) is 0 Å². The molecule has 0 amide bonds. The quantitative estimate of drug-likeness (QED) is 0.315. The van der Waals surface area contributed by atoms with Crippen LogP contribution in [0.1, 0.15) is 12.8 Å². The monoisotopic (exact) mass is 461 g/mol. The van der Waals surface area contributed by atoms with Gasteiger partial charge >= 0.3 is 0 Å². The minimum Gasteiger partial charge on any atom is -0.492 e. The van der Waals surface area contributed by atoms with Crippen molar-refractivity contribution in [2.24, 2.45) is 4.99 Å². The second-order valence-corrected chi connectivity index (χ2v) is 6.04. The third-order valence-corrected chi connectivity index (χ3v) is 4.38. The van der Waals surface area contributed by atoms with Crippen molar-refractivity contribution >= 4 is 29.9 Å². The van der Waals surface area contributed by atoms with Crippen LogP contribution in [0.2, 0.25) is 0 Å². The van der Waals surface area contributed by atoms with Gasteiger partial charge in [0.1, 0.15) is 18.5 Å². The Labute approximate surface area is 166 Å². The molecule has 25 heavy (non-hydrogen) atoms. The molecule has 2 aliphatic rings. The third kappa shape index (κ3) is 6.00. The second kappa shape index (κ2) is 10.8. The number of hydrogen-bond acceptors (Lipinski definition) is 4. The van der Waals surface area contributed by atoms with Crippen LogP contribution >= 0.6 is 24.0 Å². The first-order valence-electron chi connectivity index (χ1n) is 8.73. The fraction of sp³-hybridized carbons (Fsp3) is 0.611. The molecule has 6 nitrogen and oxygen atoms in total. The molecular formula is C18H28IN3O3. The molecule has 3 rings (SSSR count). The molecular weight excluding hydrogens is 433 g/mol. The zero-order valence-electron chi connectivity index (χ0n) is 14.7. The van der Waals surface area contributed by atoms with Gasteiger partial charge in [-0.3, -0.25) is 4.99 Å². The van der Waals surface area contributed by atoms with Gasteiger partial charge in [0, 0.05) is 26.7 Å². The van der Waals surface area contributed by atoms with Gasteiger partial charge < -0.3 is 24.4 Å². The first-order valence-corrected chi connectivity index (χ1v) is 8.73. The van der Waals surface area contributed by atoms with Crippen LogP contribution in [0.3, 0.4) is 0 Å². The number of benzene rings is 1. The van der Waals surface area contributed by atoms with Crippen LogP contribution < -0.4 is 10.1 Å². The molecule has 2 fully saturated rings. The van der Waals surface area contributed by atoms with Gasteiger partial charge in [-0.15, -0.1) is 24.0 Å². The SMILES string of the molecule is CN=C(NCCOc1ccccc1)N1CCOC(C2CCCO2)C1.I. The van der Waals surface area contributed by atoms with E-state index in [-0.39, 0.29) is 36.2 Å². The number of ether oxygens (including phenoxy) is 3. The molecule has 2 heterocycles. The summed E-state index contributed by atoms with van der Waals surface area (Å²) in [4.78, 5) is 6.65. The average Bonchev–Trinajstić information content (AvgIpc) is 3.18. The Morgan fingerprint density at radius 1 is 1.24 bits per heavy atom. The van der Waals surface area contributed by atoms with E-state index in [1.54, 1.807) is 0 Å². The van der Waals surface area contributed by atoms with Crippen molar-refractivity contribution in [3.63, 3.8) is 0 Å². The van der Waals surface area contributed by atoms with E-state index in [9.17, 15) is 0 Å². The summed E-state index contributed by atoms with van der Waals surface area (Å²) < 4.78 is 17.4. The predicted octanol–water partition coefficient (Wildman–Crippen LogP) is 2.14. The van der Waals surface area contributed by atoms with Crippen LogP contribution in [0.4, 0.5) is 0 Å². The van der Waals surface area contributed by atoms with E-state index in [2.05, 4.69) is 15.2 Å². The second-order valence-electron chi connectivity index (χ2n) is 6.04. The summed E-state index contributed by atoms with van der Waals surface area (Å²) in [7, 11) is 1.82. The van der Waals surface area contributed by atoms with E-state index >= 15 is 0 Å². The van der Waals surface area contributed by atoms with Gasteiger partial charge in [-0.2, -0.15) is 0 Å². The molecule has 0 aromatic heterocycles. The molecule has 1 aromatic rings. The standard InChI is InChI=1S/C18H27N3O3.HI/c1-19-18(20-9-12-22-15-6-3-2-4-7-15)21-10-13-24-17(14-21)16-8-5-11-23-16;/h2-4,6-7,16-17H,5,8-14H2,1H3,(H,19,20);1H. The van der Waals surface area contributed by atoms with Gasteiger partial charge in [0.15, 0.2) is 5.96 Å². The number of rotatable bonds is 5. The molecule has 1 N–H and O–H groups in total. The molecule has 2 atom stereocenters. The van der Waals surface area contributed by atoms with Crippen LogP contribution in [0, 0.1) is 0 Å². The van der Waals surface area contributed by atoms with Crippen molar-refractivity contribution < 1.29 is 14.2 Å². The molecule has 0 radical (unpaired) electrons. The number of guanidine groups is 1. The Bertz CT molecular complexity index is 524. The summed E-state index contributed by atoms with van der Waals surface area (Å²) in [5, 5.41) is 3.38. The van der Waals surface area contributed by atoms with Crippen molar-refractivity contribution in [2.75, 3.05) is 46.5 Å². The lowest BCUT2D eigenvalue weighted by Crippen LogP contribution is -2.53. The fourth-order valence-corrected chi connectivity index (χ4v) is 3.17. The first kappa shape index (κ1) is 20.3. The van der Waals surface area contributed by atoms with E-state index < -0.39 is 0 Å². The van der Waals surface area contributed by atoms with E-state index in [0.717, 1.165) is 44.2 Å². The molecule has 0 aliphatic carbocycles. The summed E-state index contributed by atoms with van der Waals surface area (Å²) >= 11 is 0. The number of aliphatic imine (C=N–C) groups is 1. The predicted molar refractivity (Wildman–Crippen MR) is 109 cm³/mol. The molecule has 7 heteroatoms. The Hall–Kier alpha value is -1.06. The number of nitrogens with one attached hydrogen (secondary N) is 1. The average molecular weight is 461 g/mol. The summed E-state index contributed by atoms with van der Waals surface area (Å²) in [5.41, 5.74) is 0. The molecule has 2 aliphatic heterocycles. The van der Waals surface area contributed by atoms with Crippen molar-refractivity contribution in [3.8, 4) is 5.75 Å². The normalized spacial score (nSPS) is 23.9. The molecule has 0 saturated carbocycles. The Morgan fingerprint density at radius 3 is 2.76 bits per heavy atom. The van der Waals surface area contributed by atoms with E-state index in [0.29, 0.717) is 19.8 Å². The van der Waals surface area contributed by atoms with E-state index in [1.165, 1.54) is 0 Å². The highest BCUT2D eigenvalue weighted by atomic mass is 127. The molecule has 140 valence electrons. The van der Waals surface area contributed by atoms with Gasteiger partial charge in [-0.1, -0.05) is 18.2 Å². The minimum absolute atomic E-state index is 0. The minimum atomic E-state index is 0. The van der Waals surface area contributed by atoms with Gasteiger partial charge in [0.25, 0.3) is 0 Å². The third-order valence-electron chi connectivity index (χ3n) is 4.38. The molecule has 2 unspecified atom stereocenters. The van der Waals surface area contributed by atoms with Crippen LogP contribution in [0.5, 0.6) is 5.75 Å². The van der Waals surface area contributed by atoms with Crippen LogP contribution in [0.15, 0.2) is 35.3 Å². The highest BCUT2D eigenvalue weighted by Gasteiger charge is 2.32.